The third-order valence-corrected chi connectivity index (χ3v) is 3.17. The Labute approximate surface area is 118 Å². The fourth-order valence-corrected chi connectivity index (χ4v) is 2.14. The van der Waals surface area contributed by atoms with Crippen molar-refractivity contribution in [2.24, 2.45) is 5.73 Å². The van der Waals surface area contributed by atoms with E-state index in [0.29, 0.717) is 5.56 Å². The number of amides is 1. The predicted molar refractivity (Wildman–Crippen MR) is 70.4 cm³/mol. The molecule has 2 aromatic rings. The van der Waals surface area contributed by atoms with Crippen molar-refractivity contribution in [3.8, 4) is 11.1 Å². The molecule has 0 unspecified atom stereocenters. The Balaban J connectivity index is 2.58. The molecular weight excluding hydrogens is 291 g/mol. The van der Waals surface area contributed by atoms with Gasteiger partial charge in [0.25, 0.3) is 0 Å². The molecule has 0 radical (unpaired) electrons. The van der Waals surface area contributed by atoms with E-state index in [9.17, 15) is 18.0 Å². The first kappa shape index (κ1) is 14.4. The monoisotopic (exact) mass is 299 g/mol. The van der Waals surface area contributed by atoms with Crippen LogP contribution in [0.25, 0.3) is 11.1 Å². The van der Waals surface area contributed by atoms with Gasteiger partial charge in [-0.05, 0) is 23.8 Å². The van der Waals surface area contributed by atoms with Crippen molar-refractivity contribution in [1.29, 1.82) is 0 Å². The highest BCUT2D eigenvalue weighted by molar-refractivity contribution is 6.36. The minimum absolute atomic E-state index is 0.0410. The maximum Gasteiger partial charge on any atom is 0.416 e. The minimum Gasteiger partial charge on any atom is -0.366 e. The van der Waals surface area contributed by atoms with Gasteiger partial charge in [0.15, 0.2) is 0 Å². The van der Waals surface area contributed by atoms with Crippen LogP contribution in [0.5, 0.6) is 0 Å². The van der Waals surface area contributed by atoms with Crippen LogP contribution in [0.2, 0.25) is 5.02 Å². The third-order valence-electron chi connectivity index (χ3n) is 2.77. The van der Waals surface area contributed by atoms with E-state index in [1.54, 1.807) is 0 Å². The second-order valence-corrected chi connectivity index (χ2v) is 4.49. The highest BCUT2D eigenvalue weighted by Gasteiger charge is 2.30. The number of halogens is 4. The van der Waals surface area contributed by atoms with Crippen molar-refractivity contribution in [2.45, 2.75) is 6.18 Å². The van der Waals surface area contributed by atoms with Crippen molar-refractivity contribution in [2.75, 3.05) is 0 Å². The van der Waals surface area contributed by atoms with Crippen LogP contribution in [0.3, 0.4) is 0 Å². The van der Waals surface area contributed by atoms with Gasteiger partial charge >= 0.3 is 6.18 Å². The molecule has 0 atom stereocenters. The first-order chi connectivity index (χ1) is 9.30. The first-order valence-electron chi connectivity index (χ1n) is 5.56. The molecule has 0 bridgehead atoms. The number of carbonyl (C=O) groups is 1. The molecule has 2 rings (SSSR count). The van der Waals surface area contributed by atoms with Crippen LogP contribution in [-0.2, 0) is 6.18 Å². The molecule has 2 aromatic carbocycles. The van der Waals surface area contributed by atoms with Crippen LogP contribution in [-0.4, -0.2) is 5.91 Å². The lowest BCUT2D eigenvalue weighted by atomic mass is 10.0. The van der Waals surface area contributed by atoms with E-state index in [4.69, 9.17) is 17.3 Å². The van der Waals surface area contributed by atoms with Crippen LogP contribution in [0.1, 0.15) is 15.9 Å². The lowest BCUT2D eigenvalue weighted by Gasteiger charge is -2.11. The molecule has 0 spiro atoms. The summed E-state index contributed by atoms with van der Waals surface area (Å²) in [6, 6.07) is 9.18. The van der Waals surface area contributed by atoms with Gasteiger partial charge < -0.3 is 5.73 Å². The zero-order valence-electron chi connectivity index (χ0n) is 10.0. The maximum absolute atomic E-state index is 12.7. The number of alkyl halides is 3. The number of hydrogen-bond donors (Lipinski definition) is 1. The predicted octanol–water partition coefficient (Wildman–Crippen LogP) is 4.12. The number of hydrogen-bond acceptors (Lipinski definition) is 1. The molecule has 0 saturated heterocycles. The van der Waals surface area contributed by atoms with Crippen LogP contribution in [0.15, 0.2) is 42.5 Å². The number of rotatable bonds is 2. The van der Waals surface area contributed by atoms with Crippen molar-refractivity contribution in [3.05, 3.63) is 58.6 Å². The van der Waals surface area contributed by atoms with Crippen molar-refractivity contribution in [1.82, 2.24) is 0 Å². The summed E-state index contributed by atoms with van der Waals surface area (Å²) in [4.78, 5) is 11.2. The molecule has 0 aliphatic rings. The van der Waals surface area contributed by atoms with Crippen LogP contribution < -0.4 is 5.73 Å². The van der Waals surface area contributed by atoms with Crippen molar-refractivity contribution in [3.63, 3.8) is 0 Å². The smallest absolute Gasteiger partial charge is 0.366 e. The summed E-state index contributed by atoms with van der Waals surface area (Å²) >= 11 is 6.02. The van der Waals surface area contributed by atoms with E-state index in [2.05, 4.69) is 0 Å². The van der Waals surface area contributed by atoms with Crippen LogP contribution >= 0.6 is 11.6 Å². The van der Waals surface area contributed by atoms with Crippen molar-refractivity contribution < 1.29 is 18.0 Å². The summed E-state index contributed by atoms with van der Waals surface area (Å²) in [5.74, 6) is -0.733. The highest BCUT2D eigenvalue weighted by Crippen LogP contribution is 2.35. The number of benzene rings is 2. The van der Waals surface area contributed by atoms with Crippen LogP contribution in [0.4, 0.5) is 13.2 Å². The summed E-state index contributed by atoms with van der Waals surface area (Å²) < 4.78 is 38.1. The molecule has 1 amide bonds. The SMILES string of the molecule is NC(=O)c1cccc(-c2cccc(C(F)(F)F)c2)c1Cl. The Kier molecular flexibility index (Phi) is 3.72. The van der Waals surface area contributed by atoms with E-state index in [-0.39, 0.29) is 16.1 Å². The zero-order valence-corrected chi connectivity index (χ0v) is 10.8. The Hall–Kier alpha value is -2.01. The molecule has 0 aromatic heterocycles. The van der Waals surface area contributed by atoms with E-state index in [1.807, 2.05) is 0 Å². The average Bonchev–Trinajstić information content (AvgIpc) is 2.38. The standard InChI is InChI=1S/C14H9ClF3NO/c15-12-10(5-2-6-11(12)13(19)20)8-3-1-4-9(7-8)14(16,17)18/h1-7H,(H2,19,20). The fraction of sp³-hybridized carbons (Fsp3) is 0.0714. The van der Waals surface area contributed by atoms with Gasteiger partial charge in [-0.25, -0.2) is 0 Å². The Morgan fingerprint density at radius 2 is 1.75 bits per heavy atom. The second kappa shape index (κ2) is 5.17. The summed E-state index contributed by atoms with van der Waals surface area (Å²) in [5.41, 5.74) is 5.05. The molecule has 0 heterocycles. The normalized spacial score (nSPS) is 11.4. The topological polar surface area (TPSA) is 43.1 Å². The van der Waals surface area contributed by atoms with Gasteiger partial charge in [-0.1, -0.05) is 35.9 Å². The van der Waals surface area contributed by atoms with Gasteiger partial charge in [-0.2, -0.15) is 13.2 Å². The summed E-state index contributed by atoms with van der Waals surface area (Å²) in [6.45, 7) is 0. The second-order valence-electron chi connectivity index (χ2n) is 4.11. The highest BCUT2D eigenvalue weighted by atomic mass is 35.5. The van der Waals surface area contributed by atoms with Gasteiger partial charge in [0.05, 0.1) is 16.1 Å². The molecular formula is C14H9ClF3NO. The number of nitrogens with two attached hydrogens (primary N) is 1. The van der Waals surface area contributed by atoms with Crippen LogP contribution in [0, 0.1) is 0 Å². The number of carbonyl (C=O) groups excluding carboxylic acids is 1. The quantitative estimate of drug-likeness (QED) is 0.890. The lowest BCUT2D eigenvalue weighted by Crippen LogP contribution is -2.11. The first-order valence-corrected chi connectivity index (χ1v) is 5.94. The Bertz CT molecular complexity index is 668. The molecule has 2 nitrogen and oxygen atoms in total. The van der Waals surface area contributed by atoms with Gasteiger partial charge in [-0.15, -0.1) is 0 Å². The van der Waals surface area contributed by atoms with E-state index in [1.165, 1.54) is 30.3 Å². The van der Waals surface area contributed by atoms with Gasteiger partial charge in [0.2, 0.25) is 5.91 Å². The Morgan fingerprint density at radius 1 is 1.10 bits per heavy atom. The third kappa shape index (κ3) is 2.77. The summed E-state index contributed by atoms with van der Waals surface area (Å²) in [7, 11) is 0. The Morgan fingerprint density at radius 3 is 2.35 bits per heavy atom. The van der Waals surface area contributed by atoms with E-state index in [0.717, 1.165) is 12.1 Å². The van der Waals surface area contributed by atoms with E-state index >= 15 is 0 Å². The van der Waals surface area contributed by atoms with Gasteiger partial charge in [0, 0.05) is 5.56 Å². The summed E-state index contributed by atoms with van der Waals surface area (Å²) in [5, 5.41) is 0.0410. The van der Waals surface area contributed by atoms with Gasteiger partial charge in [-0.3, -0.25) is 4.79 Å². The number of primary amides is 1. The fourth-order valence-electron chi connectivity index (χ4n) is 1.81. The minimum atomic E-state index is -4.44. The summed E-state index contributed by atoms with van der Waals surface area (Å²) in [6.07, 6.45) is -4.44. The van der Waals surface area contributed by atoms with Gasteiger partial charge in [0.1, 0.15) is 0 Å². The maximum atomic E-state index is 12.7. The van der Waals surface area contributed by atoms with Crippen molar-refractivity contribution >= 4 is 17.5 Å². The average molecular weight is 300 g/mol. The molecule has 0 aliphatic heterocycles. The largest absolute Gasteiger partial charge is 0.416 e. The molecule has 0 saturated carbocycles. The molecule has 0 fully saturated rings. The molecule has 0 aliphatic carbocycles. The lowest BCUT2D eigenvalue weighted by molar-refractivity contribution is -0.137. The zero-order chi connectivity index (χ0) is 14.9. The van der Waals surface area contributed by atoms with E-state index < -0.39 is 17.6 Å². The molecule has 20 heavy (non-hydrogen) atoms. The molecule has 2 N–H and O–H groups in total. The molecule has 104 valence electrons. The molecule has 6 heteroatoms.